The van der Waals surface area contributed by atoms with Crippen molar-refractivity contribution in [1.82, 2.24) is 5.32 Å². The summed E-state index contributed by atoms with van der Waals surface area (Å²) in [5.41, 5.74) is 6.34. The van der Waals surface area contributed by atoms with E-state index in [0.29, 0.717) is 17.5 Å². The molecule has 2 aromatic carbocycles. The minimum absolute atomic E-state index is 0.364. The molecule has 0 spiro atoms. The molecule has 20 heavy (non-hydrogen) atoms. The first-order chi connectivity index (χ1) is 9.65. The van der Waals surface area contributed by atoms with Crippen LogP contribution in [0, 0.1) is 5.41 Å². The predicted octanol–water partition coefficient (Wildman–Crippen LogP) is 4.07. The fourth-order valence-corrected chi connectivity index (χ4v) is 3.46. The molecule has 0 heterocycles. The maximum atomic E-state index is 3.90. The summed E-state index contributed by atoms with van der Waals surface area (Å²) in [7, 11) is 0. The summed E-state index contributed by atoms with van der Waals surface area (Å²) >= 11 is 0. The lowest BCUT2D eigenvalue weighted by Gasteiger charge is -2.30. The summed E-state index contributed by atoms with van der Waals surface area (Å²) in [5.74, 6) is 0. The van der Waals surface area contributed by atoms with Crippen LogP contribution >= 0.6 is 0 Å². The van der Waals surface area contributed by atoms with Crippen molar-refractivity contribution in [3.63, 3.8) is 0 Å². The molecule has 1 heteroatoms. The zero-order chi connectivity index (χ0) is 13.7. The van der Waals surface area contributed by atoms with Gasteiger partial charge in [0.15, 0.2) is 0 Å². The van der Waals surface area contributed by atoms with E-state index < -0.39 is 0 Å². The van der Waals surface area contributed by atoms with Gasteiger partial charge in [0, 0.05) is 6.04 Å². The van der Waals surface area contributed by atoms with Crippen molar-refractivity contribution in [2.75, 3.05) is 0 Å². The number of rotatable bonds is 2. The van der Waals surface area contributed by atoms with Crippen molar-refractivity contribution in [1.29, 1.82) is 0 Å². The molecule has 1 N–H and O–H groups in total. The number of hydrogen-bond acceptors (Lipinski definition) is 1. The van der Waals surface area contributed by atoms with E-state index in [2.05, 4.69) is 67.7 Å². The second-order valence-electron chi connectivity index (χ2n) is 6.92. The standard InChI is InChI=1S/C19H21N/c1-19(2)12-17(19)20-18-15-9-5-3-7-13(15)11-14-8-4-6-10-16(14)18/h3-10,17-18,20H,11-12H2,1-2H3. The minimum atomic E-state index is 0.364. The van der Waals surface area contributed by atoms with Crippen LogP contribution in [-0.2, 0) is 6.42 Å². The fraction of sp³-hybridized carbons (Fsp3) is 0.368. The molecule has 1 unspecified atom stereocenters. The van der Waals surface area contributed by atoms with Gasteiger partial charge in [-0.2, -0.15) is 0 Å². The van der Waals surface area contributed by atoms with Gasteiger partial charge < -0.3 is 5.32 Å². The van der Waals surface area contributed by atoms with E-state index in [4.69, 9.17) is 0 Å². The maximum absolute atomic E-state index is 3.90. The average Bonchev–Trinajstić information content (AvgIpc) is 3.05. The second-order valence-corrected chi connectivity index (χ2v) is 6.92. The van der Waals surface area contributed by atoms with E-state index in [1.807, 2.05) is 0 Å². The molecule has 0 saturated heterocycles. The first-order valence-corrected chi connectivity index (χ1v) is 7.57. The van der Waals surface area contributed by atoms with E-state index >= 15 is 0 Å². The molecule has 0 amide bonds. The highest BCUT2D eigenvalue weighted by Gasteiger charge is 2.47. The van der Waals surface area contributed by atoms with Crippen LogP contribution in [0.1, 0.15) is 48.6 Å². The van der Waals surface area contributed by atoms with Crippen LogP contribution in [0.25, 0.3) is 0 Å². The SMILES string of the molecule is CC1(C)CC1NC1c2ccccc2Cc2ccccc21. The monoisotopic (exact) mass is 263 g/mol. The van der Waals surface area contributed by atoms with Crippen LogP contribution in [0.15, 0.2) is 48.5 Å². The number of benzene rings is 2. The third kappa shape index (κ3) is 1.89. The van der Waals surface area contributed by atoms with Crippen LogP contribution in [0.4, 0.5) is 0 Å². The molecule has 0 aromatic heterocycles. The Morgan fingerprint density at radius 1 is 0.900 bits per heavy atom. The minimum Gasteiger partial charge on any atom is -0.303 e. The first kappa shape index (κ1) is 12.2. The van der Waals surface area contributed by atoms with Crippen molar-refractivity contribution in [3.05, 3.63) is 70.8 Å². The summed E-state index contributed by atoms with van der Waals surface area (Å²) in [6.45, 7) is 4.70. The molecule has 1 saturated carbocycles. The molecule has 2 aliphatic rings. The highest BCUT2D eigenvalue weighted by atomic mass is 15.0. The van der Waals surface area contributed by atoms with Gasteiger partial charge in [-0.1, -0.05) is 62.4 Å². The second kappa shape index (κ2) is 4.20. The largest absolute Gasteiger partial charge is 0.303 e. The van der Waals surface area contributed by atoms with Crippen LogP contribution in [0.5, 0.6) is 0 Å². The van der Waals surface area contributed by atoms with Crippen molar-refractivity contribution in [2.24, 2.45) is 5.41 Å². The molecule has 0 aliphatic heterocycles. The Bertz CT molecular complexity index is 611. The molecule has 0 bridgehead atoms. The van der Waals surface area contributed by atoms with Crippen molar-refractivity contribution < 1.29 is 0 Å². The first-order valence-electron chi connectivity index (χ1n) is 7.57. The number of nitrogens with one attached hydrogen (secondary N) is 1. The predicted molar refractivity (Wildman–Crippen MR) is 82.9 cm³/mol. The Balaban J connectivity index is 1.76. The highest BCUT2D eigenvalue weighted by molar-refractivity contribution is 5.48. The molecule has 4 rings (SSSR count). The Hall–Kier alpha value is -1.60. The maximum Gasteiger partial charge on any atom is 0.0584 e. The summed E-state index contributed by atoms with van der Waals surface area (Å²) in [6, 6.07) is 18.8. The van der Waals surface area contributed by atoms with Crippen LogP contribution in [0.2, 0.25) is 0 Å². The van der Waals surface area contributed by atoms with E-state index in [-0.39, 0.29) is 0 Å². The number of fused-ring (bicyclic) bond motifs is 2. The molecule has 1 nitrogen and oxygen atoms in total. The smallest absolute Gasteiger partial charge is 0.0584 e. The van der Waals surface area contributed by atoms with Gasteiger partial charge in [-0.15, -0.1) is 0 Å². The summed E-state index contributed by atoms with van der Waals surface area (Å²) in [4.78, 5) is 0. The normalized spacial score (nSPS) is 23.0. The summed E-state index contributed by atoms with van der Waals surface area (Å²) in [6.07, 6.45) is 2.35. The Morgan fingerprint density at radius 3 is 1.90 bits per heavy atom. The highest BCUT2D eigenvalue weighted by Crippen LogP contribution is 2.47. The molecule has 2 aromatic rings. The van der Waals surface area contributed by atoms with Crippen LogP contribution < -0.4 is 5.32 Å². The quantitative estimate of drug-likeness (QED) is 0.861. The number of hydrogen-bond donors (Lipinski definition) is 1. The molecule has 0 radical (unpaired) electrons. The van der Waals surface area contributed by atoms with Gasteiger partial charge in [-0.3, -0.25) is 0 Å². The van der Waals surface area contributed by atoms with Crippen molar-refractivity contribution >= 4 is 0 Å². The van der Waals surface area contributed by atoms with E-state index in [9.17, 15) is 0 Å². The van der Waals surface area contributed by atoms with Gasteiger partial charge in [0.1, 0.15) is 0 Å². The molecular weight excluding hydrogens is 242 g/mol. The zero-order valence-electron chi connectivity index (χ0n) is 12.2. The van der Waals surface area contributed by atoms with E-state index in [0.717, 1.165) is 6.42 Å². The van der Waals surface area contributed by atoms with Crippen molar-refractivity contribution in [2.45, 2.75) is 38.8 Å². The van der Waals surface area contributed by atoms with E-state index in [1.165, 1.54) is 28.7 Å². The third-order valence-electron chi connectivity index (χ3n) is 4.99. The Morgan fingerprint density at radius 2 is 1.40 bits per heavy atom. The van der Waals surface area contributed by atoms with Crippen molar-refractivity contribution in [3.8, 4) is 0 Å². The topological polar surface area (TPSA) is 12.0 Å². The molecule has 102 valence electrons. The lowest BCUT2D eigenvalue weighted by atomic mass is 9.82. The molecule has 2 aliphatic carbocycles. The van der Waals surface area contributed by atoms with Gasteiger partial charge in [0.25, 0.3) is 0 Å². The van der Waals surface area contributed by atoms with Gasteiger partial charge in [-0.05, 0) is 40.5 Å². The molecule has 1 fully saturated rings. The molecular formula is C19H21N. The van der Waals surface area contributed by atoms with E-state index in [1.54, 1.807) is 0 Å². The van der Waals surface area contributed by atoms with Gasteiger partial charge in [-0.25, -0.2) is 0 Å². The van der Waals surface area contributed by atoms with Crippen LogP contribution in [0.3, 0.4) is 0 Å². The Kier molecular flexibility index (Phi) is 2.55. The summed E-state index contributed by atoms with van der Waals surface area (Å²) in [5, 5.41) is 3.90. The lowest BCUT2D eigenvalue weighted by Crippen LogP contribution is -2.30. The lowest BCUT2D eigenvalue weighted by molar-refractivity contribution is 0.501. The van der Waals surface area contributed by atoms with Gasteiger partial charge >= 0.3 is 0 Å². The third-order valence-corrected chi connectivity index (χ3v) is 4.99. The zero-order valence-corrected chi connectivity index (χ0v) is 12.2. The Labute approximate surface area is 121 Å². The molecule has 1 atom stereocenters. The average molecular weight is 263 g/mol. The fourth-order valence-electron chi connectivity index (χ4n) is 3.46. The summed E-state index contributed by atoms with van der Waals surface area (Å²) < 4.78 is 0. The van der Waals surface area contributed by atoms with Gasteiger partial charge in [0.2, 0.25) is 0 Å². The van der Waals surface area contributed by atoms with Crippen LogP contribution in [-0.4, -0.2) is 6.04 Å². The van der Waals surface area contributed by atoms with Gasteiger partial charge in [0.05, 0.1) is 6.04 Å².